The molecule has 0 aliphatic rings. The van der Waals surface area contributed by atoms with Crippen LogP contribution in [0, 0.1) is 10.1 Å². The highest BCUT2D eigenvalue weighted by Gasteiger charge is 2.23. The first kappa shape index (κ1) is 15.7. The smallest absolute Gasteiger partial charge is 0.312 e. The standard InChI is InChI=1S/C13H16BrNO4/c1-3-4-5-6-19-13-11(9(2)16)7-10(14)8-12(13)15(17)18/h3,7-9,16H,1,4-6H2,2H3. The van der Waals surface area contributed by atoms with Crippen LogP contribution in [0.1, 0.15) is 31.4 Å². The molecule has 0 saturated heterocycles. The largest absolute Gasteiger partial charge is 0.487 e. The molecule has 0 bridgehead atoms. The molecular formula is C13H16BrNO4. The molecule has 1 atom stereocenters. The van der Waals surface area contributed by atoms with Gasteiger partial charge in [0.1, 0.15) is 0 Å². The summed E-state index contributed by atoms with van der Waals surface area (Å²) in [6, 6.07) is 3.00. The average Bonchev–Trinajstić information content (AvgIpc) is 2.34. The van der Waals surface area contributed by atoms with E-state index in [9.17, 15) is 15.2 Å². The summed E-state index contributed by atoms with van der Waals surface area (Å²) < 4.78 is 6.01. The van der Waals surface area contributed by atoms with Crippen LogP contribution in [-0.4, -0.2) is 16.6 Å². The number of halogens is 1. The number of nitrogens with zero attached hydrogens (tertiary/aromatic N) is 1. The van der Waals surface area contributed by atoms with E-state index in [2.05, 4.69) is 22.5 Å². The molecule has 0 amide bonds. The molecule has 5 nitrogen and oxygen atoms in total. The van der Waals surface area contributed by atoms with E-state index in [0.29, 0.717) is 16.6 Å². The van der Waals surface area contributed by atoms with E-state index < -0.39 is 11.0 Å². The van der Waals surface area contributed by atoms with Crippen molar-refractivity contribution in [3.8, 4) is 5.75 Å². The van der Waals surface area contributed by atoms with Gasteiger partial charge in [-0.2, -0.15) is 0 Å². The number of benzene rings is 1. The van der Waals surface area contributed by atoms with E-state index in [0.717, 1.165) is 12.8 Å². The molecule has 0 aliphatic carbocycles. The Hall–Kier alpha value is -1.40. The van der Waals surface area contributed by atoms with Gasteiger partial charge in [0.15, 0.2) is 0 Å². The fourth-order valence-electron chi connectivity index (χ4n) is 1.60. The number of aliphatic hydroxyl groups excluding tert-OH is 1. The zero-order valence-electron chi connectivity index (χ0n) is 10.6. The van der Waals surface area contributed by atoms with E-state index in [1.165, 1.54) is 6.07 Å². The van der Waals surface area contributed by atoms with Crippen LogP contribution in [0.2, 0.25) is 0 Å². The van der Waals surface area contributed by atoms with Crippen molar-refractivity contribution in [3.05, 3.63) is 44.9 Å². The first-order valence-corrected chi connectivity index (χ1v) is 6.66. The second kappa shape index (κ2) is 7.25. The molecular weight excluding hydrogens is 314 g/mol. The van der Waals surface area contributed by atoms with E-state index in [1.807, 2.05) is 0 Å². The minimum absolute atomic E-state index is 0.132. The van der Waals surface area contributed by atoms with Crippen molar-refractivity contribution in [1.82, 2.24) is 0 Å². The lowest BCUT2D eigenvalue weighted by Crippen LogP contribution is -2.05. The van der Waals surface area contributed by atoms with Gasteiger partial charge in [-0.15, -0.1) is 6.58 Å². The third kappa shape index (κ3) is 4.33. The topological polar surface area (TPSA) is 72.6 Å². The number of hydrogen-bond acceptors (Lipinski definition) is 4. The molecule has 0 heterocycles. The number of hydrogen-bond donors (Lipinski definition) is 1. The molecule has 1 aromatic rings. The van der Waals surface area contributed by atoms with E-state index in [1.54, 1.807) is 19.1 Å². The highest BCUT2D eigenvalue weighted by Crippen LogP contribution is 2.37. The quantitative estimate of drug-likeness (QED) is 0.358. The van der Waals surface area contributed by atoms with Crippen LogP contribution >= 0.6 is 15.9 Å². The van der Waals surface area contributed by atoms with Crippen LogP contribution in [0.5, 0.6) is 5.75 Å². The van der Waals surface area contributed by atoms with Crippen molar-refractivity contribution < 1.29 is 14.8 Å². The Morgan fingerprint density at radius 1 is 1.63 bits per heavy atom. The molecule has 6 heteroatoms. The average molecular weight is 330 g/mol. The minimum atomic E-state index is -0.842. The molecule has 19 heavy (non-hydrogen) atoms. The van der Waals surface area contributed by atoms with Gasteiger partial charge in [-0.3, -0.25) is 10.1 Å². The van der Waals surface area contributed by atoms with Gasteiger partial charge in [-0.1, -0.05) is 22.0 Å². The number of rotatable bonds is 7. The number of aliphatic hydroxyl groups is 1. The monoisotopic (exact) mass is 329 g/mol. The van der Waals surface area contributed by atoms with Gasteiger partial charge in [0.25, 0.3) is 0 Å². The molecule has 104 valence electrons. The van der Waals surface area contributed by atoms with Gasteiger partial charge in [-0.25, -0.2) is 0 Å². The highest BCUT2D eigenvalue weighted by atomic mass is 79.9. The number of allylic oxidation sites excluding steroid dienone is 1. The molecule has 0 aliphatic heterocycles. The summed E-state index contributed by atoms with van der Waals surface area (Å²) in [5.41, 5.74) is 0.253. The second-order valence-electron chi connectivity index (χ2n) is 4.06. The molecule has 0 aromatic heterocycles. The van der Waals surface area contributed by atoms with E-state index in [4.69, 9.17) is 4.74 Å². The first-order chi connectivity index (χ1) is 8.97. The zero-order valence-corrected chi connectivity index (χ0v) is 12.2. The van der Waals surface area contributed by atoms with Crippen molar-refractivity contribution >= 4 is 21.6 Å². The van der Waals surface area contributed by atoms with Gasteiger partial charge in [-0.05, 0) is 25.8 Å². The maximum Gasteiger partial charge on any atom is 0.312 e. The number of nitro benzene ring substituents is 1. The van der Waals surface area contributed by atoms with Crippen molar-refractivity contribution in [3.63, 3.8) is 0 Å². The molecule has 1 rings (SSSR count). The van der Waals surface area contributed by atoms with Crippen LogP contribution < -0.4 is 4.74 Å². The third-order valence-corrected chi connectivity index (χ3v) is 2.97. The Bertz CT molecular complexity index is 474. The Kier molecular flexibility index (Phi) is 5.98. The van der Waals surface area contributed by atoms with Crippen molar-refractivity contribution in [2.75, 3.05) is 6.61 Å². The van der Waals surface area contributed by atoms with Gasteiger partial charge >= 0.3 is 5.69 Å². The maximum absolute atomic E-state index is 11.0. The summed E-state index contributed by atoms with van der Waals surface area (Å²) in [5.74, 6) is 0.132. The minimum Gasteiger partial charge on any atom is -0.487 e. The number of ether oxygens (including phenoxy) is 1. The second-order valence-corrected chi connectivity index (χ2v) is 4.97. The summed E-state index contributed by atoms with van der Waals surface area (Å²) in [6.45, 7) is 5.48. The lowest BCUT2D eigenvalue weighted by molar-refractivity contribution is -0.386. The van der Waals surface area contributed by atoms with Gasteiger partial charge in [0, 0.05) is 16.1 Å². The highest BCUT2D eigenvalue weighted by molar-refractivity contribution is 9.10. The Labute approximate surface area is 120 Å². The van der Waals surface area contributed by atoms with E-state index in [-0.39, 0.29) is 11.4 Å². The summed E-state index contributed by atoms with van der Waals surface area (Å²) in [6.07, 6.45) is 2.41. The predicted octanol–water partition coefficient (Wildman–Crippen LogP) is 3.76. The molecule has 1 unspecified atom stereocenters. The Morgan fingerprint density at radius 3 is 2.84 bits per heavy atom. The Balaban J connectivity index is 3.08. The lowest BCUT2D eigenvalue weighted by Gasteiger charge is -2.14. The van der Waals surface area contributed by atoms with Gasteiger partial charge in [0.05, 0.1) is 17.6 Å². The fraction of sp³-hybridized carbons (Fsp3) is 0.385. The summed E-state index contributed by atoms with van der Waals surface area (Å²) >= 11 is 3.19. The predicted molar refractivity (Wildman–Crippen MR) is 76.4 cm³/mol. The Morgan fingerprint density at radius 2 is 2.32 bits per heavy atom. The van der Waals surface area contributed by atoms with Crippen LogP contribution in [0.3, 0.4) is 0 Å². The zero-order chi connectivity index (χ0) is 14.4. The summed E-state index contributed by atoms with van der Waals surface area (Å²) in [4.78, 5) is 10.5. The third-order valence-electron chi connectivity index (χ3n) is 2.51. The normalized spacial score (nSPS) is 11.9. The number of nitro groups is 1. The van der Waals surface area contributed by atoms with Crippen LogP contribution in [0.15, 0.2) is 29.3 Å². The molecule has 0 radical (unpaired) electrons. The van der Waals surface area contributed by atoms with Crippen LogP contribution in [-0.2, 0) is 0 Å². The molecule has 0 saturated carbocycles. The number of unbranched alkanes of at least 4 members (excludes halogenated alkanes) is 1. The summed E-state index contributed by atoms with van der Waals surface area (Å²) in [7, 11) is 0. The fourth-order valence-corrected chi connectivity index (χ4v) is 2.07. The van der Waals surface area contributed by atoms with Gasteiger partial charge < -0.3 is 9.84 Å². The molecule has 1 aromatic carbocycles. The van der Waals surface area contributed by atoms with Crippen molar-refractivity contribution in [2.45, 2.75) is 25.9 Å². The van der Waals surface area contributed by atoms with Crippen molar-refractivity contribution in [1.29, 1.82) is 0 Å². The first-order valence-electron chi connectivity index (χ1n) is 5.87. The van der Waals surface area contributed by atoms with Gasteiger partial charge in [0.2, 0.25) is 5.75 Å². The van der Waals surface area contributed by atoms with Crippen LogP contribution in [0.4, 0.5) is 5.69 Å². The SMILES string of the molecule is C=CCCCOc1c(C(C)O)cc(Br)cc1[N+](=O)[O-]. The molecule has 1 N–H and O–H groups in total. The maximum atomic E-state index is 11.0. The van der Waals surface area contributed by atoms with Crippen molar-refractivity contribution in [2.24, 2.45) is 0 Å². The van der Waals surface area contributed by atoms with E-state index >= 15 is 0 Å². The van der Waals surface area contributed by atoms with Crippen LogP contribution in [0.25, 0.3) is 0 Å². The molecule has 0 spiro atoms. The molecule has 0 fully saturated rings. The lowest BCUT2D eigenvalue weighted by atomic mass is 10.1. The summed E-state index contributed by atoms with van der Waals surface area (Å²) in [5, 5.41) is 20.7.